The third kappa shape index (κ3) is 2.85. The molecule has 0 amide bonds. The van der Waals surface area contributed by atoms with Gasteiger partial charge in [0.1, 0.15) is 5.75 Å². The zero-order valence-corrected chi connectivity index (χ0v) is 12.7. The molecule has 3 rings (SSSR count). The van der Waals surface area contributed by atoms with Gasteiger partial charge in [-0.25, -0.2) is 0 Å². The number of methoxy groups -OCH3 is 1. The van der Waals surface area contributed by atoms with Gasteiger partial charge in [0.05, 0.1) is 7.11 Å². The summed E-state index contributed by atoms with van der Waals surface area (Å²) in [6, 6.07) is 9.23. The second-order valence-corrected chi connectivity index (χ2v) is 6.57. The molecule has 0 bridgehead atoms. The van der Waals surface area contributed by atoms with Crippen LogP contribution in [0.15, 0.2) is 24.3 Å². The first-order chi connectivity index (χ1) is 9.82. The van der Waals surface area contributed by atoms with Crippen molar-refractivity contribution in [3.63, 3.8) is 0 Å². The van der Waals surface area contributed by atoms with Gasteiger partial charge in [-0.3, -0.25) is 0 Å². The van der Waals surface area contributed by atoms with Gasteiger partial charge in [-0.1, -0.05) is 31.4 Å². The quantitative estimate of drug-likeness (QED) is 0.877. The fraction of sp³-hybridized carbons (Fsp3) is 0.667. The Kier molecular flexibility index (Phi) is 4.30. The molecule has 2 aliphatic carbocycles. The van der Waals surface area contributed by atoms with E-state index < -0.39 is 0 Å². The van der Waals surface area contributed by atoms with Crippen LogP contribution in [0, 0.1) is 5.41 Å². The van der Waals surface area contributed by atoms with Crippen LogP contribution in [-0.4, -0.2) is 19.7 Å². The molecule has 2 saturated carbocycles. The fourth-order valence-electron chi connectivity index (χ4n) is 4.09. The lowest BCUT2D eigenvalue weighted by Crippen LogP contribution is -2.54. The molecule has 1 unspecified atom stereocenters. The summed E-state index contributed by atoms with van der Waals surface area (Å²) in [5.41, 5.74) is 2.04. The maximum atomic E-state index is 5.28. The first-order valence-corrected chi connectivity index (χ1v) is 8.19. The number of benzene rings is 1. The van der Waals surface area contributed by atoms with Crippen molar-refractivity contribution >= 4 is 0 Å². The van der Waals surface area contributed by atoms with Crippen molar-refractivity contribution in [3.05, 3.63) is 29.8 Å². The average Bonchev–Trinajstić information content (AvgIpc) is 2.51. The highest BCUT2D eigenvalue weighted by Gasteiger charge is 2.46. The minimum atomic E-state index is 0.673. The number of hydrogen-bond donors (Lipinski definition) is 1. The van der Waals surface area contributed by atoms with E-state index in [2.05, 4.69) is 23.5 Å². The van der Waals surface area contributed by atoms with E-state index in [0.29, 0.717) is 5.41 Å². The largest absolute Gasteiger partial charge is 0.497 e. The molecule has 1 aromatic carbocycles. The summed E-state index contributed by atoms with van der Waals surface area (Å²) >= 11 is 0. The van der Waals surface area contributed by atoms with E-state index in [9.17, 15) is 0 Å². The zero-order valence-electron chi connectivity index (χ0n) is 12.7. The molecule has 2 heteroatoms. The minimum Gasteiger partial charge on any atom is -0.497 e. The Morgan fingerprint density at radius 1 is 1.20 bits per heavy atom. The standard InChI is InChI=1S/C18H27NO/c1-20-16-7-5-6-15(14-16)9-13-19-17-8-12-18(17)10-3-2-4-11-18/h5-7,14,17,19H,2-4,8-13H2,1H3. The second-order valence-electron chi connectivity index (χ2n) is 6.57. The predicted molar refractivity (Wildman–Crippen MR) is 83.2 cm³/mol. The molecule has 20 heavy (non-hydrogen) atoms. The Morgan fingerprint density at radius 3 is 2.75 bits per heavy atom. The van der Waals surface area contributed by atoms with Crippen LogP contribution in [0.1, 0.15) is 50.5 Å². The Morgan fingerprint density at radius 2 is 2.05 bits per heavy atom. The molecule has 110 valence electrons. The smallest absolute Gasteiger partial charge is 0.119 e. The molecule has 1 aromatic rings. The highest BCUT2D eigenvalue weighted by molar-refractivity contribution is 5.28. The molecule has 2 fully saturated rings. The van der Waals surface area contributed by atoms with E-state index >= 15 is 0 Å². The zero-order chi connectivity index (χ0) is 13.8. The highest BCUT2D eigenvalue weighted by Crippen LogP contribution is 2.51. The van der Waals surface area contributed by atoms with Crippen LogP contribution in [0.25, 0.3) is 0 Å². The van der Waals surface area contributed by atoms with Crippen LogP contribution < -0.4 is 10.1 Å². The van der Waals surface area contributed by atoms with Crippen molar-refractivity contribution in [1.82, 2.24) is 5.32 Å². The van der Waals surface area contributed by atoms with Crippen LogP contribution in [0.4, 0.5) is 0 Å². The Labute approximate surface area is 122 Å². The highest BCUT2D eigenvalue weighted by atomic mass is 16.5. The van der Waals surface area contributed by atoms with E-state index in [1.807, 2.05) is 6.07 Å². The first-order valence-electron chi connectivity index (χ1n) is 8.19. The third-order valence-corrected chi connectivity index (χ3v) is 5.46. The van der Waals surface area contributed by atoms with Gasteiger partial charge in [-0.05, 0) is 61.8 Å². The molecule has 0 saturated heterocycles. The van der Waals surface area contributed by atoms with Crippen LogP contribution in [-0.2, 0) is 6.42 Å². The molecular formula is C18H27NO. The molecule has 2 aliphatic rings. The summed E-state index contributed by atoms with van der Waals surface area (Å²) in [6.07, 6.45) is 11.2. The number of rotatable bonds is 5. The van der Waals surface area contributed by atoms with Crippen LogP contribution >= 0.6 is 0 Å². The SMILES string of the molecule is COc1cccc(CCNC2CCC23CCCCC3)c1. The molecule has 0 aromatic heterocycles. The normalized spacial score (nSPS) is 24.4. The lowest BCUT2D eigenvalue weighted by atomic mass is 9.57. The Balaban J connectivity index is 1.47. The summed E-state index contributed by atoms with van der Waals surface area (Å²) in [6.45, 7) is 1.10. The summed E-state index contributed by atoms with van der Waals surface area (Å²) in [5.74, 6) is 0.967. The van der Waals surface area contributed by atoms with Crippen molar-refractivity contribution in [3.8, 4) is 5.75 Å². The van der Waals surface area contributed by atoms with Gasteiger partial charge >= 0.3 is 0 Å². The van der Waals surface area contributed by atoms with Gasteiger partial charge in [0.25, 0.3) is 0 Å². The molecule has 1 N–H and O–H groups in total. The third-order valence-electron chi connectivity index (χ3n) is 5.46. The number of nitrogens with one attached hydrogen (secondary N) is 1. The lowest BCUT2D eigenvalue weighted by molar-refractivity contribution is 0.0236. The van der Waals surface area contributed by atoms with Gasteiger partial charge < -0.3 is 10.1 Å². The monoisotopic (exact) mass is 273 g/mol. The van der Waals surface area contributed by atoms with Gasteiger partial charge in [0, 0.05) is 6.04 Å². The van der Waals surface area contributed by atoms with Crippen LogP contribution in [0.5, 0.6) is 5.75 Å². The maximum Gasteiger partial charge on any atom is 0.119 e. The maximum absolute atomic E-state index is 5.28. The first kappa shape index (κ1) is 13.9. The van der Waals surface area contributed by atoms with E-state index in [0.717, 1.165) is 24.8 Å². The minimum absolute atomic E-state index is 0.673. The van der Waals surface area contributed by atoms with E-state index in [-0.39, 0.29) is 0 Å². The van der Waals surface area contributed by atoms with Crippen molar-refractivity contribution in [2.24, 2.45) is 5.41 Å². The second kappa shape index (κ2) is 6.17. The van der Waals surface area contributed by atoms with E-state index in [1.165, 1.54) is 50.5 Å². The topological polar surface area (TPSA) is 21.3 Å². The van der Waals surface area contributed by atoms with Crippen molar-refractivity contribution in [2.45, 2.75) is 57.4 Å². The molecule has 2 nitrogen and oxygen atoms in total. The summed E-state index contributed by atoms with van der Waals surface area (Å²) in [4.78, 5) is 0. The van der Waals surface area contributed by atoms with Gasteiger partial charge in [0.2, 0.25) is 0 Å². The molecule has 0 aliphatic heterocycles. The van der Waals surface area contributed by atoms with Gasteiger partial charge in [0.15, 0.2) is 0 Å². The summed E-state index contributed by atoms with van der Waals surface area (Å²) < 4.78 is 5.28. The molecular weight excluding hydrogens is 246 g/mol. The van der Waals surface area contributed by atoms with Crippen molar-refractivity contribution in [2.75, 3.05) is 13.7 Å². The summed E-state index contributed by atoms with van der Waals surface area (Å²) in [7, 11) is 1.73. The number of hydrogen-bond acceptors (Lipinski definition) is 2. The Hall–Kier alpha value is -1.02. The molecule has 1 atom stereocenters. The van der Waals surface area contributed by atoms with E-state index in [1.54, 1.807) is 7.11 Å². The predicted octanol–water partition coefficient (Wildman–Crippen LogP) is 3.94. The average molecular weight is 273 g/mol. The summed E-state index contributed by atoms with van der Waals surface area (Å²) in [5, 5.41) is 3.82. The Bertz CT molecular complexity index is 437. The van der Waals surface area contributed by atoms with E-state index in [4.69, 9.17) is 4.74 Å². The molecule has 0 radical (unpaired) electrons. The van der Waals surface area contributed by atoms with Crippen LogP contribution in [0.3, 0.4) is 0 Å². The lowest BCUT2D eigenvalue weighted by Gasteiger charge is -2.52. The molecule has 0 heterocycles. The fourth-order valence-corrected chi connectivity index (χ4v) is 4.09. The van der Waals surface area contributed by atoms with Crippen molar-refractivity contribution < 1.29 is 4.74 Å². The molecule has 1 spiro atoms. The number of ether oxygens (including phenoxy) is 1. The van der Waals surface area contributed by atoms with Crippen LogP contribution in [0.2, 0.25) is 0 Å². The van der Waals surface area contributed by atoms with Gasteiger partial charge in [-0.15, -0.1) is 0 Å². The van der Waals surface area contributed by atoms with Gasteiger partial charge in [-0.2, -0.15) is 0 Å². The van der Waals surface area contributed by atoms with Crippen molar-refractivity contribution in [1.29, 1.82) is 0 Å².